The first-order chi connectivity index (χ1) is 12.4. The Morgan fingerprint density at radius 3 is 2.28 bits per heavy atom. The Kier molecular flexibility index (Phi) is 3.10. The van der Waals surface area contributed by atoms with E-state index in [9.17, 15) is 0 Å². The zero-order valence-electron chi connectivity index (χ0n) is 13.5. The van der Waals surface area contributed by atoms with E-state index in [1.165, 1.54) is 5.56 Å². The molecule has 0 aliphatic carbocycles. The summed E-state index contributed by atoms with van der Waals surface area (Å²) in [5.74, 6) is 0. The number of hydrogen-bond donors (Lipinski definition) is 0. The van der Waals surface area contributed by atoms with E-state index in [1.807, 2.05) is 36.7 Å². The third-order valence-corrected chi connectivity index (χ3v) is 4.49. The highest BCUT2D eigenvalue weighted by Crippen LogP contribution is 2.33. The van der Waals surface area contributed by atoms with Crippen molar-refractivity contribution in [2.75, 3.05) is 0 Å². The minimum atomic E-state index is 0.877. The van der Waals surface area contributed by atoms with E-state index < -0.39 is 0 Å². The summed E-state index contributed by atoms with van der Waals surface area (Å²) in [7, 11) is 0. The van der Waals surface area contributed by atoms with Crippen molar-refractivity contribution < 1.29 is 0 Å². The van der Waals surface area contributed by atoms with Gasteiger partial charge in [-0.15, -0.1) is 0 Å². The molecule has 0 saturated heterocycles. The van der Waals surface area contributed by atoms with Crippen LogP contribution in [0.4, 0.5) is 0 Å². The third kappa shape index (κ3) is 2.21. The lowest BCUT2D eigenvalue weighted by molar-refractivity contribution is 1.21. The second-order valence-electron chi connectivity index (χ2n) is 5.98. The summed E-state index contributed by atoms with van der Waals surface area (Å²) < 4.78 is 2.11. The Labute approximate surface area is 145 Å². The fourth-order valence-corrected chi connectivity index (χ4v) is 3.35. The zero-order chi connectivity index (χ0) is 16.6. The van der Waals surface area contributed by atoms with Gasteiger partial charge in [0.1, 0.15) is 5.69 Å². The summed E-state index contributed by atoms with van der Waals surface area (Å²) >= 11 is 0. The first kappa shape index (κ1) is 13.9. The highest BCUT2D eigenvalue weighted by atomic mass is 15.0. The van der Waals surface area contributed by atoms with E-state index in [2.05, 4.69) is 64.0 Å². The average Bonchev–Trinajstić information content (AvgIpc) is 3.18. The second-order valence-corrected chi connectivity index (χ2v) is 5.98. The van der Waals surface area contributed by atoms with Gasteiger partial charge in [-0.25, -0.2) is 9.97 Å². The van der Waals surface area contributed by atoms with Gasteiger partial charge < -0.3 is 0 Å². The van der Waals surface area contributed by atoms with Crippen LogP contribution in [0.5, 0.6) is 0 Å². The van der Waals surface area contributed by atoms with Crippen LogP contribution in [0.1, 0.15) is 0 Å². The second kappa shape index (κ2) is 5.56. The molecule has 0 N–H and O–H groups in total. The van der Waals surface area contributed by atoms with E-state index >= 15 is 0 Å². The largest absolute Gasteiger partial charge is 0.296 e. The van der Waals surface area contributed by atoms with Crippen molar-refractivity contribution in [3.8, 4) is 22.4 Å². The molecular formula is C22H15N3. The molecule has 0 amide bonds. The molecule has 25 heavy (non-hydrogen) atoms. The molecule has 0 unspecified atom stereocenters. The molecule has 0 atom stereocenters. The molecule has 0 aliphatic heterocycles. The normalized spacial score (nSPS) is 11.2. The van der Waals surface area contributed by atoms with Crippen molar-refractivity contribution in [3.63, 3.8) is 0 Å². The van der Waals surface area contributed by atoms with Gasteiger partial charge in [-0.3, -0.25) is 4.40 Å². The van der Waals surface area contributed by atoms with Gasteiger partial charge in [-0.05, 0) is 23.3 Å². The Morgan fingerprint density at radius 1 is 0.680 bits per heavy atom. The van der Waals surface area contributed by atoms with Crippen molar-refractivity contribution in [2.45, 2.75) is 0 Å². The number of rotatable bonds is 2. The summed E-state index contributed by atoms with van der Waals surface area (Å²) in [6.07, 6.45) is 3.83. The molecule has 2 aromatic heterocycles. The van der Waals surface area contributed by atoms with Crippen LogP contribution in [0.2, 0.25) is 0 Å². The molecule has 118 valence electrons. The number of imidazole rings is 1. The first-order valence-electron chi connectivity index (χ1n) is 8.28. The lowest BCUT2D eigenvalue weighted by Gasteiger charge is -2.12. The lowest BCUT2D eigenvalue weighted by Crippen LogP contribution is -1.96. The van der Waals surface area contributed by atoms with E-state index in [1.54, 1.807) is 0 Å². The number of hydrogen-bond acceptors (Lipinski definition) is 2. The van der Waals surface area contributed by atoms with Gasteiger partial charge in [0.2, 0.25) is 0 Å². The van der Waals surface area contributed by atoms with Crippen LogP contribution in [0.25, 0.3) is 39.1 Å². The van der Waals surface area contributed by atoms with Crippen molar-refractivity contribution in [1.82, 2.24) is 14.4 Å². The highest BCUT2D eigenvalue weighted by Gasteiger charge is 2.14. The molecule has 2 heterocycles. The van der Waals surface area contributed by atoms with Gasteiger partial charge in [-0.2, -0.15) is 0 Å². The Bertz CT molecular complexity index is 1190. The molecule has 5 aromatic rings. The third-order valence-electron chi connectivity index (χ3n) is 4.49. The Hall–Kier alpha value is -3.46. The first-order valence-corrected chi connectivity index (χ1v) is 8.28. The maximum Gasteiger partial charge on any atom is 0.164 e. The van der Waals surface area contributed by atoms with Crippen LogP contribution in [-0.2, 0) is 0 Å². The highest BCUT2D eigenvalue weighted by molar-refractivity contribution is 5.91. The standard InChI is InChI=1S/C22H15N3/c1-2-8-16(9-3-1)17-10-4-5-11-18(17)21-22-23-14-15-25(22)20-13-7-6-12-19(20)24-21/h1-15H. The summed E-state index contributed by atoms with van der Waals surface area (Å²) in [6, 6.07) is 27.0. The van der Waals surface area contributed by atoms with Gasteiger partial charge in [0.05, 0.1) is 11.0 Å². The fraction of sp³-hybridized carbons (Fsp3) is 0. The van der Waals surface area contributed by atoms with Gasteiger partial charge in [0.15, 0.2) is 5.65 Å². The molecule has 0 radical (unpaired) electrons. The minimum absolute atomic E-state index is 0.877. The Morgan fingerprint density at radius 2 is 1.40 bits per heavy atom. The van der Waals surface area contributed by atoms with Gasteiger partial charge in [-0.1, -0.05) is 66.7 Å². The maximum absolute atomic E-state index is 4.95. The number of benzene rings is 3. The maximum atomic E-state index is 4.95. The molecule has 0 aliphatic rings. The zero-order valence-corrected chi connectivity index (χ0v) is 13.5. The van der Waals surface area contributed by atoms with Crippen LogP contribution in [0.15, 0.2) is 91.3 Å². The SMILES string of the molecule is c1ccc(-c2ccccc2-c2nc3ccccc3n3ccnc23)cc1. The molecule has 3 nitrogen and oxygen atoms in total. The number of aromatic nitrogens is 3. The predicted molar refractivity (Wildman–Crippen MR) is 101 cm³/mol. The van der Waals surface area contributed by atoms with Crippen LogP contribution in [0.3, 0.4) is 0 Å². The molecule has 0 spiro atoms. The topological polar surface area (TPSA) is 30.2 Å². The summed E-state index contributed by atoms with van der Waals surface area (Å²) in [5.41, 5.74) is 7.25. The average molecular weight is 321 g/mol. The smallest absolute Gasteiger partial charge is 0.164 e. The van der Waals surface area contributed by atoms with Crippen molar-refractivity contribution in [1.29, 1.82) is 0 Å². The molecule has 3 heteroatoms. The summed E-state index contributed by atoms with van der Waals surface area (Å²) in [6.45, 7) is 0. The van der Waals surface area contributed by atoms with E-state index in [-0.39, 0.29) is 0 Å². The lowest BCUT2D eigenvalue weighted by atomic mass is 9.97. The molecule has 3 aromatic carbocycles. The minimum Gasteiger partial charge on any atom is -0.296 e. The summed E-state index contributed by atoms with van der Waals surface area (Å²) in [4.78, 5) is 9.53. The number of fused-ring (bicyclic) bond motifs is 3. The van der Waals surface area contributed by atoms with Gasteiger partial charge in [0.25, 0.3) is 0 Å². The van der Waals surface area contributed by atoms with Crippen molar-refractivity contribution >= 4 is 16.7 Å². The van der Waals surface area contributed by atoms with Crippen molar-refractivity contribution in [2.24, 2.45) is 0 Å². The molecular weight excluding hydrogens is 306 g/mol. The Balaban J connectivity index is 1.87. The predicted octanol–water partition coefficient (Wildman–Crippen LogP) is 5.22. The number of nitrogens with zero attached hydrogens (tertiary/aromatic N) is 3. The molecule has 0 saturated carbocycles. The van der Waals surface area contributed by atoms with Crippen molar-refractivity contribution in [3.05, 3.63) is 91.3 Å². The monoisotopic (exact) mass is 321 g/mol. The van der Waals surface area contributed by atoms with Gasteiger partial charge in [0, 0.05) is 18.0 Å². The van der Waals surface area contributed by atoms with Crippen LogP contribution in [0, 0.1) is 0 Å². The molecule has 0 fully saturated rings. The van der Waals surface area contributed by atoms with Crippen LogP contribution < -0.4 is 0 Å². The van der Waals surface area contributed by atoms with Gasteiger partial charge >= 0.3 is 0 Å². The van der Waals surface area contributed by atoms with E-state index in [4.69, 9.17) is 4.98 Å². The van der Waals surface area contributed by atoms with Crippen LogP contribution in [-0.4, -0.2) is 14.4 Å². The summed E-state index contributed by atoms with van der Waals surface area (Å²) in [5, 5.41) is 0. The fourth-order valence-electron chi connectivity index (χ4n) is 3.35. The number of para-hydroxylation sites is 2. The molecule has 5 rings (SSSR count). The molecule has 0 bridgehead atoms. The quantitative estimate of drug-likeness (QED) is 0.446. The van der Waals surface area contributed by atoms with E-state index in [0.717, 1.165) is 33.5 Å². The van der Waals surface area contributed by atoms with Crippen LogP contribution >= 0.6 is 0 Å². The van der Waals surface area contributed by atoms with E-state index in [0.29, 0.717) is 0 Å².